The lowest BCUT2D eigenvalue weighted by atomic mass is 10.3. The Labute approximate surface area is 144 Å². The second-order valence-electron chi connectivity index (χ2n) is 4.54. The first-order valence-electron chi connectivity index (χ1n) is 6.72. The van der Waals surface area contributed by atoms with Gasteiger partial charge in [-0.3, -0.25) is 10.1 Å². The van der Waals surface area contributed by atoms with Gasteiger partial charge in [0, 0.05) is 6.20 Å². The van der Waals surface area contributed by atoms with E-state index < -0.39 is 11.7 Å². The number of carbonyl (C=O) groups is 1. The molecular weight excluding hydrogens is 356 g/mol. The van der Waals surface area contributed by atoms with Gasteiger partial charge < -0.3 is 4.74 Å². The summed E-state index contributed by atoms with van der Waals surface area (Å²) in [5.41, 5.74) is 0.795. The van der Waals surface area contributed by atoms with Crippen LogP contribution in [0.25, 0.3) is 10.2 Å². The van der Waals surface area contributed by atoms with E-state index in [0.29, 0.717) is 16.4 Å². The molecule has 0 fully saturated rings. The molecular formula is C15H11F2N3O2S2. The Morgan fingerprint density at radius 3 is 2.96 bits per heavy atom. The maximum atomic E-state index is 12.6. The van der Waals surface area contributed by atoms with Crippen LogP contribution in [0.5, 0.6) is 5.75 Å². The average molecular weight is 367 g/mol. The number of aromatic nitrogens is 2. The maximum Gasteiger partial charge on any atom is 0.290 e. The molecule has 0 saturated carbocycles. The molecule has 1 N–H and O–H groups in total. The zero-order chi connectivity index (χ0) is 17.1. The molecule has 3 aromatic rings. The SMILES string of the molecule is COc1ccc2nc(NC(=O)c3cccnc3SC(F)F)sc2c1. The zero-order valence-corrected chi connectivity index (χ0v) is 14.0. The van der Waals surface area contributed by atoms with Crippen LogP contribution in [-0.4, -0.2) is 28.7 Å². The third kappa shape index (κ3) is 3.62. The van der Waals surface area contributed by atoms with Gasteiger partial charge in [0.15, 0.2) is 5.13 Å². The summed E-state index contributed by atoms with van der Waals surface area (Å²) in [4.78, 5) is 20.5. The molecule has 1 aromatic carbocycles. The van der Waals surface area contributed by atoms with Gasteiger partial charge in [0.2, 0.25) is 0 Å². The number of rotatable bonds is 5. The van der Waals surface area contributed by atoms with Gasteiger partial charge in [-0.25, -0.2) is 9.97 Å². The van der Waals surface area contributed by atoms with E-state index in [9.17, 15) is 13.6 Å². The molecule has 0 atom stereocenters. The van der Waals surface area contributed by atoms with E-state index in [1.807, 2.05) is 6.07 Å². The molecule has 1 amide bonds. The van der Waals surface area contributed by atoms with Gasteiger partial charge >= 0.3 is 0 Å². The van der Waals surface area contributed by atoms with E-state index in [1.165, 1.54) is 29.7 Å². The van der Waals surface area contributed by atoms with Crippen molar-refractivity contribution >= 4 is 44.4 Å². The number of thiazole rings is 1. The van der Waals surface area contributed by atoms with Crippen LogP contribution in [0.1, 0.15) is 10.4 Å². The molecule has 9 heteroatoms. The van der Waals surface area contributed by atoms with Crippen molar-refractivity contribution in [2.24, 2.45) is 0 Å². The number of nitrogens with one attached hydrogen (secondary N) is 1. The molecule has 0 saturated heterocycles. The minimum atomic E-state index is -2.65. The molecule has 0 bridgehead atoms. The first-order chi connectivity index (χ1) is 11.6. The van der Waals surface area contributed by atoms with E-state index in [-0.39, 0.29) is 22.4 Å². The second-order valence-corrected chi connectivity index (χ2v) is 6.55. The van der Waals surface area contributed by atoms with Gasteiger partial charge in [-0.15, -0.1) is 0 Å². The number of anilines is 1. The molecule has 2 heterocycles. The summed E-state index contributed by atoms with van der Waals surface area (Å²) in [5.74, 6) is -2.49. The third-order valence-corrected chi connectivity index (χ3v) is 4.69. The van der Waals surface area contributed by atoms with Crippen LogP contribution in [0.4, 0.5) is 13.9 Å². The van der Waals surface area contributed by atoms with Crippen molar-refractivity contribution in [3.8, 4) is 5.75 Å². The molecule has 0 aliphatic carbocycles. The Kier molecular flexibility index (Phi) is 4.91. The third-order valence-electron chi connectivity index (χ3n) is 3.03. The zero-order valence-electron chi connectivity index (χ0n) is 12.3. The van der Waals surface area contributed by atoms with Crippen molar-refractivity contribution in [1.82, 2.24) is 9.97 Å². The Bertz CT molecular complexity index is 886. The molecule has 0 aliphatic rings. The number of fused-ring (bicyclic) bond motifs is 1. The van der Waals surface area contributed by atoms with Crippen molar-refractivity contribution in [1.29, 1.82) is 0 Å². The largest absolute Gasteiger partial charge is 0.497 e. The first-order valence-corrected chi connectivity index (χ1v) is 8.42. The maximum absolute atomic E-state index is 12.6. The van der Waals surface area contributed by atoms with Gasteiger partial charge in [0.1, 0.15) is 10.8 Å². The molecule has 3 rings (SSSR count). The highest BCUT2D eigenvalue weighted by atomic mass is 32.2. The minimum absolute atomic E-state index is 0.0206. The Balaban J connectivity index is 1.85. The molecule has 2 aromatic heterocycles. The normalized spacial score (nSPS) is 11.0. The fourth-order valence-corrected chi connectivity index (χ4v) is 3.46. The van der Waals surface area contributed by atoms with E-state index in [2.05, 4.69) is 15.3 Å². The molecule has 0 spiro atoms. The summed E-state index contributed by atoms with van der Waals surface area (Å²) in [7, 11) is 1.56. The van der Waals surface area contributed by atoms with Crippen LogP contribution < -0.4 is 10.1 Å². The van der Waals surface area contributed by atoms with Crippen LogP contribution in [0.2, 0.25) is 0 Å². The summed E-state index contributed by atoms with van der Waals surface area (Å²) >= 11 is 1.51. The predicted octanol–water partition coefficient (Wildman–Crippen LogP) is 4.27. The Morgan fingerprint density at radius 2 is 2.21 bits per heavy atom. The van der Waals surface area contributed by atoms with Crippen molar-refractivity contribution in [3.05, 3.63) is 42.1 Å². The standard InChI is InChI=1S/C15H11F2N3O2S2/c1-22-8-4-5-10-11(7-8)23-15(19-10)20-12(21)9-3-2-6-18-13(9)24-14(16)17/h2-7,14H,1H3,(H,19,20,21). The van der Waals surface area contributed by atoms with Crippen molar-refractivity contribution in [2.75, 3.05) is 12.4 Å². The number of halogens is 2. The summed E-state index contributed by atoms with van der Waals surface area (Å²) in [6.45, 7) is 0. The van der Waals surface area contributed by atoms with Crippen LogP contribution in [-0.2, 0) is 0 Å². The van der Waals surface area contributed by atoms with E-state index in [0.717, 1.165) is 4.70 Å². The van der Waals surface area contributed by atoms with Crippen molar-refractivity contribution < 1.29 is 18.3 Å². The van der Waals surface area contributed by atoms with Crippen LogP contribution in [0.15, 0.2) is 41.6 Å². The number of carbonyl (C=O) groups excluding carboxylic acids is 1. The molecule has 24 heavy (non-hydrogen) atoms. The van der Waals surface area contributed by atoms with Crippen molar-refractivity contribution in [2.45, 2.75) is 10.8 Å². The number of hydrogen-bond donors (Lipinski definition) is 1. The molecule has 124 valence electrons. The highest BCUT2D eigenvalue weighted by Crippen LogP contribution is 2.30. The number of thioether (sulfide) groups is 1. The smallest absolute Gasteiger partial charge is 0.290 e. The number of hydrogen-bond acceptors (Lipinski definition) is 6. The van der Waals surface area contributed by atoms with E-state index in [1.54, 1.807) is 19.2 Å². The summed E-state index contributed by atoms with van der Waals surface area (Å²) < 4.78 is 31.1. The van der Waals surface area contributed by atoms with E-state index in [4.69, 9.17) is 4.74 Å². The van der Waals surface area contributed by atoms with Gasteiger partial charge in [-0.1, -0.05) is 11.3 Å². The summed E-state index contributed by atoms with van der Waals surface area (Å²) in [5, 5.41) is 2.98. The predicted molar refractivity (Wildman–Crippen MR) is 90.2 cm³/mol. The quantitative estimate of drug-likeness (QED) is 0.683. The fraction of sp³-hybridized carbons (Fsp3) is 0.133. The number of pyridine rings is 1. The number of nitrogens with zero attached hydrogens (tertiary/aromatic N) is 2. The number of ether oxygens (including phenoxy) is 1. The van der Waals surface area contributed by atoms with E-state index >= 15 is 0 Å². The van der Waals surface area contributed by atoms with Crippen molar-refractivity contribution in [3.63, 3.8) is 0 Å². The fourth-order valence-electron chi connectivity index (χ4n) is 1.99. The minimum Gasteiger partial charge on any atom is -0.497 e. The van der Waals surface area contributed by atoms with Crippen LogP contribution in [0, 0.1) is 0 Å². The monoisotopic (exact) mass is 367 g/mol. The number of benzene rings is 1. The molecule has 0 aliphatic heterocycles. The molecule has 0 unspecified atom stereocenters. The lowest BCUT2D eigenvalue weighted by Gasteiger charge is -2.06. The summed E-state index contributed by atoms with van der Waals surface area (Å²) in [6, 6.07) is 8.33. The molecule has 5 nitrogen and oxygen atoms in total. The average Bonchev–Trinajstić information content (AvgIpc) is 2.95. The topological polar surface area (TPSA) is 64.1 Å². The number of alkyl halides is 2. The lowest BCUT2D eigenvalue weighted by Crippen LogP contribution is -2.13. The highest BCUT2D eigenvalue weighted by Gasteiger charge is 2.18. The lowest BCUT2D eigenvalue weighted by molar-refractivity contribution is 0.102. The van der Waals surface area contributed by atoms with Crippen LogP contribution in [0.3, 0.4) is 0 Å². The first kappa shape index (κ1) is 16.6. The number of methoxy groups -OCH3 is 1. The Morgan fingerprint density at radius 1 is 1.38 bits per heavy atom. The second kappa shape index (κ2) is 7.10. The number of amides is 1. The van der Waals surface area contributed by atoms with Gasteiger partial charge in [0.05, 0.1) is 22.9 Å². The highest BCUT2D eigenvalue weighted by molar-refractivity contribution is 7.99. The van der Waals surface area contributed by atoms with Crippen LogP contribution >= 0.6 is 23.1 Å². The van der Waals surface area contributed by atoms with Gasteiger partial charge in [-0.05, 0) is 42.1 Å². The summed E-state index contributed by atoms with van der Waals surface area (Å²) in [6.07, 6.45) is 1.37. The Hall–Kier alpha value is -2.26. The van der Waals surface area contributed by atoms with Gasteiger partial charge in [-0.2, -0.15) is 8.78 Å². The molecule has 0 radical (unpaired) electrons. The van der Waals surface area contributed by atoms with Gasteiger partial charge in [0.25, 0.3) is 11.7 Å².